The molecule has 2 aliphatic rings. The van der Waals surface area contributed by atoms with Gasteiger partial charge in [0.25, 0.3) is 0 Å². The van der Waals surface area contributed by atoms with E-state index in [0.29, 0.717) is 26.4 Å². The number of hydrogen-bond donors (Lipinski definition) is 0. The van der Waals surface area contributed by atoms with Crippen molar-refractivity contribution in [1.82, 2.24) is 4.98 Å². The van der Waals surface area contributed by atoms with Crippen LogP contribution >= 0.6 is 0 Å². The third kappa shape index (κ3) is 8.64. The highest BCUT2D eigenvalue weighted by atomic mass is 16.5. The van der Waals surface area contributed by atoms with Crippen LogP contribution in [0.1, 0.15) is 77.0 Å². The maximum Gasteiger partial charge on any atom is 0.132 e. The Kier molecular flexibility index (Phi) is 11.8. The molecule has 0 fully saturated rings. The molecule has 5 rings (SSSR count). The van der Waals surface area contributed by atoms with Crippen molar-refractivity contribution in [3.8, 4) is 45.5 Å². The summed E-state index contributed by atoms with van der Waals surface area (Å²) in [5.74, 6) is 3.22. The van der Waals surface area contributed by atoms with Gasteiger partial charge in [0.2, 0.25) is 0 Å². The average Bonchev–Trinajstić information content (AvgIpc) is 3.01. The highest BCUT2D eigenvalue weighted by molar-refractivity contribution is 5.79. The normalized spacial score (nSPS) is 19.0. The molecule has 0 aliphatic carbocycles. The molecule has 42 heavy (non-hydrogen) atoms. The number of benzene rings is 2. The largest absolute Gasteiger partial charge is 0.493 e. The lowest BCUT2D eigenvalue weighted by molar-refractivity contribution is 0.294. The highest BCUT2D eigenvalue weighted by Crippen LogP contribution is 2.42. The number of allylic oxidation sites excluding steroid dienone is 4. The van der Waals surface area contributed by atoms with Crippen molar-refractivity contribution in [3.63, 3.8) is 0 Å². The van der Waals surface area contributed by atoms with Crippen LogP contribution in [0, 0.1) is 0 Å². The molecule has 0 atom stereocenters. The molecule has 0 saturated heterocycles. The molecule has 3 heterocycles. The van der Waals surface area contributed by atoms with Crippen molar-refractivity contribution in [3.05, 3.63) is 78.9 Å². The molecule has 0 spiro atoms. The van der Waals surface area contributed by atoms with Gasteiger partial charge in [-0.15, -0.1) is 0 Å². The van der Waals surface area contributed by atoms with E-state index in [1.807, 2.05) is 48.5 Å². The van der Waals surface area contributed by atoms with E-state index in [1.165, 1.54) is 0 Å². The first kappa shape index (κ1) is 29.8. The van der Waals surface area contributed by atoms with Crippen molar-refractivity contribution in [2.45, 2.75) is 77.0 Å². The molecule has 0 unspecified atom stereocenters. The van der Waals surface area contributed by atoms with E-state index in [0.717, 1.165) is 123 Å². The first-order chi connectivity index (χ1) is 20.9. The van der Waals surface area contributed by atoms with Crippen molar-refractivity contribution < 1.29 is 18.9 Å². The van der Waals surface area contributed by atoms with Gasteiger partial charge in [-0.2, -0.15) is 0 Å². The van der Waals surface area contributed by atoms with E-state index in [2.05, 4.69) is 30.4 Å². The van der Waals surface area contributed by atoms with Gasteiger partial charge in [-0.05, 0) is 113 Å². The molecule has 0 N–H and O–H groups in total. The minimum absolute atomic E-state index is 0.658. The lowest BCUT2D eigenvalue weighted by atomic mass is 10.0. The second-order valence-electron chi connectivity index (χ2n) is 11.0. The molecule has 3 aromatic rings. The first-order valence-corrected chi connectivity index (χ1v) is 16.0. The minimum atomic E-state index is 0.658. The molecule has 0 amide bonds. The molecule has 222 valence electrons. The van der Waals surface area contributed by atoms with E-state index in [4.69, 9.17) is 23.9 Å². The van der Waals surface area contributed by atoms with Gasteiger partial charge in [-0.3, -0.25) is 0 Å². The lowest BCUT2D eigenvalue weighted by Gasteiger charge is -2.18. The van der Waals surface area contributed by atoms with Crippen LogP contribution in [0.4, 0.5) is 0 Å². The molecule has 1 aromatic heterocycles. The molecular formula is C37H45NO4. The Morgan fingerprint density at radius 3 is 1.02 bits per heavy atom. The monoisotopic (exact) mass is 567 g/mol. The second kappa shape index (κ2) is 16.6. The molecule has 2 aromatic carbocycles. The van der Waals surface area contributed by atoms with Crippen molar-refractivity contribution in [2.24, 2.45) is 0 Å². The number of aromatic nitrogens is 1. The Balaban J connectivity index is 1.57. The fraction of sp³-hybridized carbons (Fsp3) is 0.432. The summed E-state index contributed by atoms with van der Waals surface area (Å²) < 4.78 is 25.6. The third-order valence-corrected chi connectivity index (χ3v) is 7.66. The zero-order chi connectivity index (χ0) is 28.7. The van der Waals surface area contributed by atoms with Crippen LogP contribution in [0.5, 0.6) is 23.0 Å². The Labute approximate surface area is 251 Å². The Morgan fingerprint density at radius 1 is 0.381 bits per heavy atom. The highest BCUT2D eigenvalue weighted by Gasteiger charge is 2.19. The second-order valence-corrected chi connectivity index (χ2v) is 11.0. The fourth-order valence-electron chi connectivity index (χ4n) is 5.38. The summed E-state index contributed by atoms with van der Waals surface area (Å²) >= 11 is 0. The standard InChI is InChI=1S/C37H45NO4/c1-2-6-10-14-27-40-33-23-19-25-35-37(33)31-21-17-20-30(38-31)36-32(39-26-13-9-5-1)22-18-24-34(36)41-28-15-11-7-3-4-8-12-16-29-42-35/h1-4,17-25H,5-16,26-29H2/b2-1-,4-3-. The fourth-order valence-corrected chi connectivity index (χ4v) is 5.38. The van der Waals surface area contributed by atoms with Crippen LogP contribution in [0.3, 0.4) is 0 Å². The smallest absolute Gasteiger partial charge is 0.132 e. The van der Waals surface area contributed by atoms with Crippen molar-refractivity contribution in [1.29, 1.82) is 0 Å². The maximum absolute atomic E-state index is 6.40. The minimum Gasteiger partial charge on any atom is -0.493 e. The third-order valence-electron chi connectivity index (χ3n) is 7.66. The summed E-state index contributed by atoms with van der Waals surface area (Å²) in [7, 11) is 0. The first-order valence-electron chi connectivity index (χ1n) is 16.0. The number of nitrogens with zero attached hydrogens (tertiary/aromatic N) is 1. The lowest BCUT2D eigenvalue weighted by Crippen LogP contribution is -2.05. The number of pyridine rings is 1. The molecule has 2 aliphatic heterocycles. The van der Waals surface area contributed by atoms with E-state index < -0.39 is 0 Å². The Bertz CT molecular complexity index is 1150. The van der Waals surface area contributed by atoms with Crippen LogP contribution in [0.25, 0.3) is 22.5 Å². The quantitative estimate of drug-likeness (QED) is 0.253. The SMILES string of the molecule is C1=C\CCCCOc2cccc3c2-c2cccc(n2)-c2c(cccc2OCCCC/C=C\CCCCO3)OCCCC/1. The van der Waals surface area contributed by atoms with Crippen LogP contribution in [-0.2, 0) is 0 Å². The predicted octanol–water partition coefficient (Wildman–Crippen LogP) is 9.75. The van der Waals surface area contributed by atoms with Gasteiger partial charge in [0.15, 0.2) is 0 Å². The van der Waals surface area contributed by atoms with E-state index in [-0.39, 0.29) is 0 Å². The zero-order valence-electron chi connectivity index (χ0n) is 24.9. The summed E-state index contributed by atoms with van der Waals surface area (Å²) in [5, 5.41) is 0. The van der Waals surface area contributed by atoms with E-state index in [9.17, 15) is 0 Å². The molecule has 0 saturated carbocycles. The summed E-state index contributed by atoms with van der Waals surface area (Å²) in [6.07, 6.45) is 21.9. The van der Waals surface area contributed by atoms with Crippen molar-refractivity contribution >= 4 is 0 Å². The predicted molar refractivity (Wildman–Crippen MR) is 171 cm³/mol. The van der Waals surface area contributed by atoms with E-state index >= 15 is 0 Å². The van der Waals surface area contributed by atoms with Gasteiger partial charge in [0.05, 0.1) is 48.9 Å². The van der Waals surface area contributed by atoms with Gasteiger partial charge in [0, 0.05) is 0 Å². The van der Waals surface area contributed by atoms with Gasteiger partial charge in [0.1, 0.15) is 23.0 Å². The van der Waals surface area contributed by atoms with Crippen molar-refractivity contribution in [2.75, 3.05) is 26.4 Å². The topological polar surface area (TPSA) is 49.8 Å². The molecule has 4 bridgehead atoms. The molecular weight excluding hydrogens is 522 g/mol. The summed E-state index contributed by atoms with van der Waals surface area (Å²) in [6, 6.07) is 18.3. The summed E-state index contributed by atoms with van der Waals surface area (Å²) in [6.45, 7) is 2.63. The number of ether oxygens (including phenoxy) is 4. The molecule has 5 nitrogen and oxygen atoms in total. The Hall–Kier alpha value is -3.73. The average molecular weight is 568 g/mol. The summed E-state index contributed by atoms with van der Waals surface area (Å²) in [5.41, 5.74) is 3.44. The number of rotatable bonds is 0. The number of hydrogen-bond acceptors (Lipinski definition) is 5. The van der Waals surface area contributed by atoms with Gasteiger partial charge in [-0.25, -0.2) is 4.98 Å². The Morgan fingerprint density at radius 2 is 0.690 bits per heavy atom. The van der Waals surface area contributed by atoms with E-state index in [1.54, 1.807) is 0 Å². The molecule has 0 radical (unpaired) electrons. The molecule has 5 heteroatoms. The summed E-state index contributed by atoms with van der Waals surface area (Å²) in [4.78, 5) is 5.21. The zero-order valence-corrected chi connectivity index (χ0v) is 24.9. The van der Waals surface area contributed by atoms with Gasteiger partial charge < -0.3 is 18.9 Å². The van der Waals surface area contributed by atoms with Gasteiger partial charge >= 0.3 is 0 Å². The van der Waals surface area contributed by atoms with Gasteiger partial charge in [-0.1, -0.05) is 42.5 Å². The van der Waals surface area contributed by atoms with Crippen LogP contribution < -0.4 is 18.9 Å². The maximum atomic E-state index is 6.40. The van der Waals surface area contributed by atoms with Crippen LogP contribution in [0.2, 0.25) is 0 Å². The van der Waals surface area contributed by atoms with Crippen LogP contribution in [-0.4, -0.2) is 31.4 Å². The van der Waals surface area contributed by atoms with Crippen LogP contribution in [0.15, 0.2) is 78.9 Å².